The molecule has 0 aliphatic heterocycles. The van der Waals surface area contributed by atoms with E-state index in [-0.39, 0.29) is 0 Å². The summed E-state index contributed by atoms with van der Waals surface area (Å²) < 4.78 is 7.28. The predicted octanol–water partition coefficient (Wildman–Crippen LogP) is 2.84. The summed E-state index contributed by atoms with van der Waals surface area (Å²) in [7, 11) is 1.70. The highest BCUT2D eigenvalue weighted by Gasteiger charge is 2.09. The zero-order valence-electron chi connectivity index (χ0n) is 11.4. The summed E-state index contributed by atoms with van der Waals surface area (Å²) in [6.07, 6.45) is 1.08. The number of aryl methyl sites for hydroxylation is 1. The van der Waals surface area contributed by atoms with Crippen LogP contribution in [0.1, 0.15) is 19.2 Å². The Kier molecular flexibility index (Phi) is 5.19. The van der Waals surface area contributed by atoms with Gasteiger partial charge in [-0.2, -0.15) is 0 Å². The first-order chi connectivity index (χ1) is 9.26. The number of fused-ring (bicyclic) bond motifs is 1. The van der Waals surface area contributed by atoms with Crippen molar-refractivity contribution in [2.24, 2.45) is 0 Å². The molecule has 0 saturated heterocycles. The van der Waals surface area contributed by atoms with Gasteiger partial charge in [-0.15, -0.1) is 0 Å². The van der Waals surface area contributed by atoms with Crippen LogP contribution in [0.25, 0.3) is 11.0 Å². The van der Waals surface area contributed by atoms with Gasteiger partial charge in [0.05, 0.1) is 24.2 Å². The molecule has 19 heavy (non-hydrogen) atoms. The smallest absolute Gasteiger partial charge is 0.123 e. The molecule has 5 heteroatoms. The number of rotatable bonds is 7. The number of aromatic nitrogens is 2. The molecule has 0 atom stereocenters. The maximum Gasteiger partial charge on any atom is 0.123 e. The number of hydrogen-bond acceptors (Lipinski definition) is 3. The van der Waals surface area contributed by atoms with E-state index in [2.05, 4.69) is 21.8 Å². The molecule has 0 aliphatic rings. The number of ether oxygens (including phenoxy) is 1. The van der Waals surface area contributed by atoms with E-state index in [1.165, 1.54) is 0 Å². The lowest BCUT2D eigenvalue weighted by Crippen LogP contribution is -2.21. The van der Waals surface area contributed by atoms with Crippen LogP contribution in [0.5, 0.6) is 0 Å². The van der Waals surface area contributed by atoms with Crippen molar-refractivity contribution in [1.82, 2.24) is 14.9 Å². The minimum Gasteiger partial charge on any atom is -0.383 e. The highest BCUT2D eigenvalue weighted by molar-refractivity contribution is 6.31. The Balaban J connectivity index is 2.22. The molecule has 0 unspecified atom stereocenters. The van der Waals surface area contributed by atoms with E-state index >= 15 is 0 Å². The average molecular weight is 282 g/mol. The first kappa shape index (κ1) is 14.3. The summed E-state index contributed by atoms with van der Waals surface area (Å²) >= 11 is 6.02. The van der Waals surface area contributed by atoms with Gasteiger partial charge in [-0.25, -0.2) is 4.98 Å². The monoisotopic (exact) mass is 281 g/mol. The Morgan fingerprint density at radius 3 is 3.00 bits per heavy atom. The van der Waals surface area contributed by atoms with Gasteiger partial charge in [-0.1, -0.05) is 18.5 Å². The molecule has 1 heterocycles. The molecule has 1 N–H and O–H groups in total. The molecule has 0 amide bonds. The summed E-state index contributed by atoms with van der Waals surface area (Å²) in [5.41, 5.74) is 2.11. The van der Waals surface area contributed by atoms with Gasteiger partial charge in [0.15, 0.2) is 0 Å². The standard InChI is InChI=1S/C14H20ClN3O/c1-3-7-18-13-5-4-11(15)9-12(13)17-14(18)10-16-6-8-19-2/h4-5,9,16H,3,6-8,10H2,1-2H3. The molecule has 1 aromatic heterocycles. The maximum atomic E-state index is 6.02. The number of nitrogens with zero attached hydrogens (tertiary/aromatic N) is 2. The van der Waals surface area contributed by atoms with Crippen LogP contribution in [0.4, 0.5) is 0 Å². The van der Waals surface area contributed by atoms with Crippen molar-refractivity contribution < 1.29 is 4.74 Å². The third kappa shape index (κ3) is 3.47. The SMILES string of the molecule is CCCn1c(CNCCOC)nc2cc(Cl)ccc21. The average Bonchev–Trinajstić information content (AvgIpc) is 2.73. The van der Waals surface area contributed by atoms with E-state index in [0.29, 0.717) is 6.61 Å². The van der Waals surface area contributed by atoms with Crippen molar-refractivity contribution in [3.63, 3.8) is 0 Å². The van der Waals surface area contributed by atoms with Crippen LogP contribution in [0.2, 0.25) is 5.02 Å². The predicted molar refractivity (Wildman–Crippen MR) is 78.6 cm³/mol. The van der Waals surface area contributed by atoms with Crippen molar-refractivity contribution in [3.05, 3.63) is 29.0 Å². The van der Waals surface area contributed by atoms with Crippen LogP contribution in [0.3, 0.4) is 0 Å². The molecular weight excluding hydrogens is 262 g/mol. The summed E-state index contributed by atoms with van der Waals surface area (Å²) in [6.45, 7) is 5.42. The second kappa shape index (κ2) is 6.89. The van der Waals surface area contributed by atoms with Gasteiger partial charge in [0.2, 0.25) is 0 Å². The fraction of sp³-hybridized carbons (Fsp3) is 0.500. The van der Waals surface area contributed by atoms with Crippen LogP contribution < -0.4 is 5.32 Å². The molecule has 0 radical (unpaired) electrons. The zero-order valence-corrected chi connectivity index (χ0v) is 12.2. The molecule has 104 valence electrons. The fourth-order valence-electron chi connectivity index (χ4n) is 2.14. The van der Waals surface area contributed by atoms with E-state index in [1.54, 1.807) is 7.11 Å². The number of methoxy groups -OCH3 is 1. The van der Waals surface area contributed by atoms with Crippen LogP contribution in [-0.2, 0) is 17.8 Å². The van der Waals surface area contributed by atoms with Gasteiger partial charge in [0.25, 0.3) is 0 Å². The summed E-state index contributed by atoms with van der Waals surface area (Å²) in [5.74, 6) is 1.05. The highest BCUT2D eigenvalue weighted by atomic mass is 35.5. The van der Waals surface area contributed by atoms with Crippen LogP contribution in [0, 0.1) is 0 Å². The van der Waals surface area contributed by atoms with Crippen molar-refractivity contribution in [3.8, 4) is 0 Å². The number of imidazole rings is 1. The van der Waals surface area contributed by atoms with Gasteiger partial charge in [-0.3, -0.25) is 0 Å². The lowest BCUT2D eigenvalue weighted by Gasteiger charge is -2.08. The molecule has 0 saturated carbocycles. The highest BCUT2D eigenvalue weighted by Crippen LogP contribution is 2.21. The quantitative estimate of drug-likeness (QED) is 0.793. The first-order valence-corrected chi connectivity index (χ1v) is 6.98. The fourth-order valence-corrected chi connectivity index (χ4v) is 2.30. The van der Waals surface area contributed by atoms with E-state index in [0.717, 1.165) is 47.9 Å². The Morgan fingerprint density at radius 1 is 1.42 bits per heavy atom. The second-order valence-corrected chi connectivity index (χ2v) is 4.92. The number of hydrogen-bond donors (Lipinski definition) is 1. The Labute approximate surface area is 118 Å². The molecule has 0 aliphatic carbocycles. The molecule has 0 bridgehead atoms. The van der Waals surface area contributed by atoms with Gasteiger partial charge in [-0.05, 0) is 24.6 Å². The van der Waals surface area contributed by atoms with Crippen molar-refractivity contribution >= 4 is 22.6 Å². The van der Waals surface area contributed by atoms with E-state index in [4.69, 9.17) is 16.3 Å². The number of nitrogens with one attached hydrogen (secondary N) is 1. The van der Waals surface area contributed by atoms with Gasteiger partial charge >= 0.3 is 0 Å². The van der Waals surface area contributed by atoms with Gasteiger partial charge < -0.3 is 14.6 Å². The maximum absolute atomic E-state index is 6.02. The minimum absolute atomic E-state index is 0.708. The summed E-state index contributed by atoms with van der Waals surface area (Å²) in [4.78, 5) is 4.66. The van der Waals surface area contributed by atoms with Crippen molar-refractivity contribution in [2.45, 2.75) is 26.4 Å². The van der Waals surface area contributed by atoms with E-state index in [9.17, 15) is 0 Å². The normalized spacial score (nSPS) is 11.3. The Bertz CT molecular complexity index is 539. The Hall–Kier alpha value is -1.10. The largest absolute Gasteiger partial charge is 0.383 e. The molecule has 0 spiro atoms. The zero-order chi connectivity index (χ0) is 13.7. The third-order valence-electron chi connectivity index (χ3n) is 3.00. The van der Waals surface area contributed by atoms with Gasteiger partial charge in [0, 0.05) is 25.2 Å². The van der Waals surface area contributed by atoms with Crippen molar-refractivity contribution in [2.75, 3.05) is 20.3 Å². The second-order valence-electron chi connectivity index (χ2n) is 4.48. The first-order valence-electron chi connectivity index (χ1n) is 6.60. The van der Waals surface area contributed by atoms with Crippen LogP contribution >= 0.6 is 11.6 Å². The number of benzene rings is 1. The van der Waals surface area contributed by atoms with Crippen LogP contribution in [-0.4, -0.2) is 29.8 Å². The topological polar surface area (TPSA) is 39.1 Å². The van der Waals surface area contributed by atoms with Crippen LogP contribution in [0.15, 0.2) is 18.2 Å². The lowest BCUT2D eigenvalue weighted by atomic mass is 10.3. The summed E-state index contributed by atoms with van der Waals surface area (Å²) in [6, 6.07) is 5.88. The molecule has 2 rings (SSSR count). The molecule has 4 nitrogen and oxygen atoms in total. The third-order valence-corrected chi connectivity index (χ3v) is 3.24. The molecule has 2 aromatic rings. The van der Waals surface area contributed by atoms with E-state index < -0.39 is 0 Å². The molecular formula is C14H20ClN3O. The van der Waals surface area contributed by atoms with Gasteiger partial charge in [0.1, 0.15) is 5.82 Å². The minimum atomic E-state index is 0.708. The molecule has 1 aromatic carbocycles. The molecule has 0 fully saturated rings. The summed E-state index contributed by atoms with van der Waals surface area (Å²) in [5, 5.41) is 4.06. The number of halogens is 1. The van der Waals surface area contributed by atoms with E-state index in [1.807, 2.05) is 18.2 Å². The van der Waals surface area contributed by atoms with Crippen molar-refractivity contribution in [1.29, 1.82) is 0 Å². The Morgan fingerprint density at radius 2 is 2.26 bits per heavy atom. The lowest BCUT2D eigenvalue weighted by molar-refractivity contribution is 0.199.